The lowest BCUT2D eigenvalue weighted by Gasteiger charge is -2.34. The smallest absolute Gasteiger partial charge is 0.414 e. The van der Waals surface area contributed by atoms with Gasteiger partial charge in [0.15, 0.2) is 0 Å². The van der Waals surface area contributed by atoms with Gasteiger partial charge >= 0.3 is 6.09 Å². The molecule has 19 heavy (non-hydrogen) atoms. The van der Waals surface area contributed by atoms with Gasteiger partial charge in [0.2, 0.25) is 0 Å². The zero-order chi connectivity index (χ0) is 14.2. The SMILES string of the molecule is CC(C)(C)OC(=O)N1CC(N)Cc2cc(Br)ccc21. The van der Waals surface area contributed by atoms with E-state index in [2.05, 4.69) is 15.9 Å². The number of nitrogens with two attached hydrogens (primary N) is 1. The molecule has 0 fully saturated rings. The molecule has 0 aromatic heterocycles. The molecule has 1 heterocycles. The predicted octanol–water partition coefficient (Wildman–Crippen LogP) is 3.07. The van der Waals surface area contributed by atoms with Crippen LogP contribution >= 0.6 is 15.9 Å². The van der Waals surface area contributed by atoms with Crippen molar-refractivity contribution in [3.63, 3.8) is 0 Å². The van der Waals surface area contributed by atoms with Crippen molar-refractivity contribution in [1.29, 1.82) is 0 Å². The molecule has 2 rings (SSSR count). The minimum Gasteiger partial charge on any atom is -0.443 e. The third-order valence-electron chi connectivity index (χ3n) is 2.85. The Morgan fingerprint density at radius 1 is 1.47 bits per heavy atom. The number of hydrogen-bond donors (Lipinski definition) is 1. The van der Waals surface area contributed by atoms with Crippen LogP contribution < -0.4 is 10.6 Å². The Morgan fingerprint density at radius 2 is 2.16 bits per heavy atom. The number of halogens is 1. The molecule has 1 aromatic rings. The van der Waals surface area contributed by atoms with Crippen molar-refractivity contribution in [2.24, 2.45) is 5.73 Å². The lowest BCUT2D eigenvalue weighted by atomic mass is 9.99. The quantitative estimate of drug-likeness (QED) is 0.797. The van der Waals surface area contributed by atoms with Gasteiger partial charge in [-0.05, 0) is 51.0 Å². The van der Waals surface area contributed by atoms with Crippen molar-refractivity contribution in [2.45, 2.75) is 38.8 Å². The van der Waals surface area contributed by atoms with Crippen molar-refractivity contribution >= 4 is 27.7 Å². The number of rotatable bonds is 0. The molecule has 0 radical (unpaired) electrons. The molecular formula is C14H19BrN2O2. The molecule has 1 atom stereocenters. The third kappa shape index (κ3) is 3.48. The second kappa shape index (κ2) is 5.13. The average Bonchev–Trinajstić information content (AvgIpc) is 2.24. The summed E-state index contributed by atoms with van der Waals surface area (Å²) in [5, 5.41) is 0. The van der Waals surface area contributed by atoms with Crippen LogP contribution in [0, 0.1) is 0 Å². The lowest BCUT2D eigenvalue weighted by Crippen LogP contribution is -2.48. The summed E-state index contributed by atoms with van der Waals surface area (Å²) in [6.07, 6.45) is 0.430. The van der Waals surface area contributed by atoms with Crippen LogP contribution in [0.25, 0.3) is 0 Å². The van der Waals surface area contributed by atoms with Crippen LogP contribution in [0.2, 0.25) is 0 Å². The summed E-state index contributed by atoms with van der Waals surface area (Å²) in [5.41, 5.74) is 7.48. The molecule has 2 N–H and O–H groups in total. The normalized spacial score (nSPS) is 19.0. The van der Waals surface area contributed by atoms with Gasteiger partial charge < -0.3 is 10.5 Å². The first-order chi connectivity index (χ1) is 8.76. The monoisotopic (exact) mass is 326 g/mol. The van der Waals surface area contributed by atoms with E-state index in [1.54, 1.807) is 4.90 Å². The molecule has 1 unspecified atom stereocenters. The third-order valence-corrected chi connectivity index (χ3v) is 3.34. The highest BCUT2D eigenvalue weighted by Gasteiger charge is 2.30. The molecule has 0 bridgehead atoms. The second-order valence-electron chi connectivity index (χ2n) is 5.83. The first-order valence-corrected chi connectivity index (χ1v) is 7.10. The molecule has 4 nitrogen and oxygen atoms in total. The van der Waals surface area contributed by atoms with Gasteiger partial charge in [-0.1, -0.05) is 15.9 Å². The summed E-state index contributed by atoms with van der Waals surface area (Å²) in [4.78, 5) is 13.9. The topological polar surface area (TPSA) is 55.6 Å². The average molecular weight is 327 g/mol. The number of nitrogens with zero attached hydrogens (tertiary/aromatic N) is 1. The summed E-state index contributed by atoms with van der Waals surface area (Å²) in [6.45, 7) is 6.06. The number of amides is 1. The zero-order valence-corrected chi connectivity index (χ0v) is 13.0. The van der Waals surface area contributed by atoms with Crippen molar-refractivity contribution < 1.29 is 9.53 Å². The standard InChI is InChI=1S/C14H19BrN2O2/c1-14(2,3)19-13(18)17-8-11(16)7-9-6-10(15)4-5-12(9)17/h4-6,11H,7-8,16H2,1-3H3. The molecule has 0 aliphatic carbocycles. The van der Waals surface area contributed by atoms with Gasteiger partial charge in [-0.25, -0.2) is 4.79 Å². The number of carbonyl (C=O) groups excluding carboxylic acids is 1. The summed E-state index contributed by atoms with van der Waals surface area (Å²) >= 11 is 3.44. The minimum atomic E-state index is -0.506. The van der Waals surface area contributed by atoms with Crippen molar-refractivity contribution in [3.8, 4) is 0 Å². The van der Waals surface area contributed by atoms with Crippen LogP contribution in [0.4, 0.5) is 10.5 Å². The fourth-order valence-electron chi connectivity index (χ4n) is 2.15. The van der Waals surface area contributed by atoms with E-state index >= 15 is 0 Å². The Bertz CT molecular complexity index is 497. The number of fused-ring (bicyclic) bond motifs is 1. The number of carbonyl (C=O) groups is 1. The van der Waals surface area contributed by atoms with Crippen LogP contribution in [0.15, 0.2) is 22.7 Å². The van der Waals surface area contributed by atoms with Gasteiger partial charge in [-0.15, -0.1) is 0 Å². The maximum Gasteiger partial charge on any atom is 0.414 e. The first kappa shape index (κ1) is 14.3. The van der Waals surface area contributed by atoms with Gasteiger partial charge in [0, 0.05) is 17.1 Å². The van der Waals surface area contributed by atoms with Crippen LogP contribution in [-0.2, 0) is 11.2 Å². The van der Waals surface area contributed by atoms with Crippen LogP contribution in [0.5, 0.6) is 0 Å². The summed E-state index contributed by atoms with van der Waals surface area (Å²) in [5.74, 6) is 0. The van der Waals surface area contributed by atoms with Gasteiger partial charge in [0.1, 0.15) is 5.60 Å². The van der Waals surface area contributed by atoms with Crippen molar-refractivity contribution in [2.75, 3.05) is 11.4 Å². The highest BCUT2D eigenvalue weighted by Crippen LogP contribution is 2.30. The van der Waals surface area contributed by atoms with Crippen LogP contribution in [0.1, 0.15) is 26.3 Å². The highest BCUT2D eigenvalue weighted by molar-refractivity contribution is 9.10. The molecule has 104 valence electrons. The number of hydrogen-bond acceptors (Lipinski definition) is 3. The van der Waals surface area contributed by atoms with Gasteiger partial charge in [0.25, 0.3) is 0 Å². The van der Waals surface area contributed by atoms with Crippen molar-refractivity contribution in [3.05, 3.63) is 28.2 Å². The lowest BCUT2D eigenvalue weighted by molar-refractivity contribution is 0.0575. The van der Waals surface area contributed by atoms with E-state index in [-0.39, 0.29) is 12.1 Å². The number of benzene rings is 1. The van der Waals surface area contributed by atoms with E-state index in [1.807, 2.05) is 39.0 Å². The molecule has 5 heteroatoms. The highest BCUT2D eigenvalue weighted by atomic mass is 79.9. The van der Waals surface area contributed by atoms with Gasteiger partial charge in [-0.3, -0.25) is 4.90 Å². The first-order valence-electron chi connectivity index (χ1n) is 6.31. The Kier molecular flexibility index (Phi) is 3.87. The van der Waals surface area contributed by atoms with Crippen molar-refractivity contribution in [1.82, 2.24) is 0 Å². The number of ether oxygens (including phenoxy) is 1. The second-order valence-corrected chi connectivity index (χ2v) is 6.74. The Morgan fingerprint density at radius 3 is 2.79 bits per heavy atom. The Balaban J connectivity index is 2.30. The van der Waals surface area contributed by atoms with E-state index in [4.69, 9.17) is 10.5 Å². The van der Waals surface area contributed by atoms with E-state index in [1.165, 1.54) is 0 Å². The minimum absolute atomic E-state index is 0.0608. The fraction of sp³-hybridized carbons (Fsp3) is 0.500. The van der Waals surface area contributed by atoms with E-state index in [0.717, 1.165) is 22.1 Å². The van der Waals surface area contributed by atoms with Gasteiger partial charge in [0.05, 0.1) is 5.69 Å². The summed E-state index contributed by atoms with van der Waals surface area (Å²) < 4.78 is 6.42. The molecular weight excluding hydrogens is 308 g/mol. The molecule has 0 spiro atoms. The summed E-state index contributed by atoms with van der Waals surface area (Å²) in [7, 11) is 0. The Hall–Kier alpha value is -1.07. The van der Waals surface area contributed by atoms with E-state index in [0.29, 0.717) is 6.54 Å². The molecule has 1 amide bonds. The van der Waals surface area contributed by atoms with Crippen LogP contribution in [-0.4, -0.2) is 24.3 Å². The van der Waals surface area contributed by atoms with Crippen LogP contribution in [0.3, 0.4) is 0 Å². The molecule has 0 saturated carbocycles. The summed E-state index contributed by atoms with van der Waals surface area (Å²) in [6, 6.07) is 5.79. The number of anilines is 1. The molecule has 1 aliphatic heterocycles. The molecule has 1 aromatic carbocycles. The molecule has 0 saturated heterocycles. The molecule has 1 aliphatic rings. The largest absolute Gasteiger partial charge is 0.443 e. The maximum atomic E-state index is 12.2. The van der Waals surface area contributed by atoms with Gasteiger partial charge in [-0.2, -0.15) is 0 Å². The Labute approximate surface area is 122 Å². The zero-order valence-electron chi connectivity index (χ0n) is 11.4. The van der Waals surface area contributed by atoms with E-state index < -0.39 is 5.60 Å². The van der Waals surface area contributed by atoms with E-state index in [9.17, 15) is 4.79 Å². The predicted molar refractivity (Wildman–Crippen MR) is 79.4 cm³/mol. The fourth-order valence-corrected chi connectivity index (χ4v) is 2.56. The maximum absolute atomic E-state index is 12.2.